The van der Waals surface area contributed by atoms with E-state index in [1.165, 1.54) is 12.1 Å². The first-order valence-corrected chi connectivity index (χ1v) is 6.81. The molecule has 1 aliphatic heterocycles. The molecule has 2 rings (SSSR count). The van der Waals surface area contributed by atoms with Gasteiger partial charge in [0.2, 0.25) is 5.91 Å². The van der Waals surface area contributed by atoms with Gasteiger partial charge in [-0.1, -0.05) is 12.1 Å². The van der Waals surface area contributed by atoms with E-state index in [0.29, 0.717) is 24.2 Å². The molecule has 0 aliphatic carbocycles. The van der Waals surface area contributed by atoms with Crippen molar-refractivity contribution in [2.24, 2.45) is 5.92 Å². The number of carbonyl (C=O) groups is 1. The van der Waals surface area contributed by atoms with Gasteiger partial charge in [-0.2, -0.15) is 18.4 Å². The summed E-state index contributed by atoms with van der Waals surface area (Å²) in [5, 5.41) is 8.72. The summed E-state index contributed by atoms with van der Waals surface area (Å²) in [5.74, 6) is -1.06. The third kappa shape index (κ3) is 4.46. The van der Waals surface area contributed by atoms with E-state index in [-0.39, 0.29) is 13.2 Å². The number of benzene rings is 1. The minimum atomic E-state index is -4.46. The molecule has 0 N–H and O–H groups in total. The van der Waals surface area contributed by atoms with Crippen molar-refractivity contribution in [1.82, 2.24) is 4.90 Å². The zero-order chi connectivity index (χ0) is 16.2. The summed E-state index contributed by atoms with van der Waals surface area (Å²) in [6.45, 7) is -0.865. The predicted molar refractivity (Wildman–Crippen MR) is 71.6 cm³/mol. The summed E-state index contributed by atoms with van der Waals surface area (Å²) in [6.07, 6.45) is -4.01. The maximum Gasteiger partial charge on any atom is 0.406 e. The first-order chi connectivity index (χ1) is 10.4. The van der Waals surface area contributed by atoms with Crippen LogP contribution < -0.4 is 0 Å². The Balaban J connectivity index is 2.12. The number of alkyl halides is 3. The van der Waals surface area contributed by atoms with Crippen molar-refractivity contribution < 1.29 is 22.7 Å². The average molecular weight is 312 g/mol. The van der Waals surface area contributed by atoms with Crippen LogP contribution in [0, 0.1) is 17.2 Å². The highest BCUT2D eigenvalue weighted by molar-refractivity contribution is 5.79. The third-order valence-corrected chi connectivity index (χ3v) is 3.42. The van der Waals surface area contributed by atoms with Gasteiger partial charge in [-0.3, -0.25) is 4.79 Å². The van der Waals surface area contributed by atoms with E-state index >= 15 is 0 Å². The topological polar surface area (TPSA) is 53.3 Å². The second kappa shape index (κ2) is 6.79. The van der Waals surface area contributed by atoms with Gasteiger partial charge >= 0.3 is 6.18 Å². The number of hydrogen-bond donors (Lipinski definition) is 0. The number of ether oxygens (including phenoxy) is 1. The molecule has 0 radical (unpaired) electrons. The molecule has 0 aromatic heterocycles. The molecule has 1 aromatic carbocycles. The van der Waals surface area contributed by atoms with Gasteiger partial charge in [-0.05, 0) is 24.1 Å². The SMILES string of the molecule is N#Cc1ccc(CN(CC(F)(F)F)C(=O)[C@H]2CCOC2)cc1. The van der Waals surface area contributed by atoms with Crippen LogP contribution in [0.15, 0.2) is 24.3 Å². The van der Waals surface area contributed by atoms with Gasteiger partial charge in [0.25, 0.3) is 0 Å². The lowest BCUT2D eigenvalue weighted by Crippen LogP contribution is -2.42. The first-order valence-electron chi connectivity index (χ1n) is 6.81. The van der Waals surface area contributed by atoms with Crippen LogP contribution in [0.5, 0.6) is 0 Å². The zero-order valence-corrected chi connectivity index (χ0v) is 11.8. The van der Waals surface area contributed by atoms with Crippen molar-refractivity contribution >= 4 is 5.91 Å². The van der Waals surface area contributed by atoms with Crippen LogP contribution in [-0.4, -0.2) is 36.7 Å². The Kier molecular flexibility index (Phi) is 5.03. The molecular weight excluding hydrogens is 297 g/mol. The van der Waals surface area contributed by atoms with Gasteiger partial charge in [0.05, 0.1) is 24.2 Å². The largest absolute Gasteiger partial charge is 0.406 e. The molecule has 0 spiro atoms. The van der Waals surface area contributed by atoms with E-state index in [9.17, 15) is 18.0 Å². The Hall–Kier alpha value is -2.07. The van der Waals surface area contributed by atoms with Crippen LogP contribution in [0.2, 0.25) is 0 Å². The number of amides is 1. The summed E-state index contributed by atoms with van der Waals surface area (Å²) in [6, 6.07) is 8.08. The van der Waals surface area contributed by atoms with Crippen LogP contribution in [-0.2, 0) is 16.1 Å². The fourth-order valence-electron chi connectivity index (χ4n) is 2.32. The lowest BCUT2D eigenvalue weighted by atomic mass is 10.1. The van der Waals surface area contributed by atoms with E-state index in [4.69, 9.17) is 10.00 Å². The Bertz CT molecular complexity index is 558. The van der Waals surface area contributed by atoms with Crippen molar-refractivity contribution in [3.8, 4) is 6.07 Å². The molecule has 1 fully saturated rings. The molecule has 1 aliphatic rings. The highest BCUT2D eigenvalue weighted by atomic mass is 19.4. The van der Waals surface area contributed by atoms with Crippen LogP contribution in [0.3, 0.4) is 0 Å². The molecule has 22 heavy (non-hydrogen) atoms. The molecule has 0 saturated carbocycles. The fraction of sp³-hybridized carbons (Fsp3) is 0.467. The van der Waals surface area contributed by atoms with E-state index < -0.39 is 24.5 Å². The minimum absolute atomic E-state index is 0.138. The number of hydrogen-bond acceptors (Lipinski definition) is 3. The van der Waals surface area contributed by atoms with Crippen molar-refractivity contribution in [3.05, 3.63) is 35.4 Å². The molecule has 118 valence electrons. The summed E-state index contributed by atoms with van der Waals surface area (Å²) < 4.78 is 43.2. The second-order valence-electron chi connectivity index (χ2n) is 5.18. The predicted octanol–water partition coefficient (Wildman–Crippen LogP) is 2.49. The van der Waals surface area contributed by atoms with Crippen LogP contribution in [0.1, 0.15) is 17.5 Å². The summed E-state index contributed by atoms with van der Waals surface area (Å²) in [7, 11) is 0. The number of nitriles is 1. The standard InChI is InChI=1S/C15H15F3N2O2/c16-15(17,18)10-20(14(21)13-5-6-22-9-13)8-12-3-1-11(7-19)2-4-12/h1-4,13H,5-6,8-10H2/t13-/m0/s1. The Morgan fingerprint density at radius 1 is 1.36 bits per heavy atom. The van der Waals surface area contributed by atoms with Crippen LogP contribution in [0.25, 0.3) is 0 Å². The maximum atomic E-state index is 12.7. The quantitative estimate of drug-likeness (QED) is 0.858. The van der Waals surface area contributed by atoms with Crippen molar-refractivity contribution in [2.75, 3.05) is 19.8 Å². The Morgan fingerprint density at radius 2 is 2.05 bits per heavy atom. The van der Waals surface area contributed by atoms with E-state index in [2.05, 4.69) is 0 Å². The van der Waals surface area contributed by atoms with E-state index in [0.717, 1.165) is 4.90 Å². The molecule has 0 unspecified atom stereocenters. The van der Waals surface area contributed by atoms with Crippen LogP contribution in [0.4, 0.5) is 13.2 Å². The van der Waals surface area contributed by atoms with E-state index in [1.54, 1.807) is 12.1 Å². The van der Waals surface area contributed by atoms with Gasteiger partial charge in [0, 0.05) is 13.2 Å². The molecule has 1 atom stereocenters. The third-order valence-electron chi connectivity index (χ3n) is 3.42. The van der Waals surface area contributed by atoms with Crippen LogP contribution >= 0.6 is 0 Å². The maximum absolute atomic E-state index is 12.7. The van der Waals surface area contributed by atoms with Gasteiger partial charge < -0.3 is 9.64 Å². The number of rotatable bonds is 4. The fourth-order valence-corrected chi connectivity index (χ4v) is 2.32. The van der Waals surface area contributed by atoms with Gasteiger partial charge in [0.15, 0.2) is 0 Å². The molecule has 7 heteroatoms. The molecule has 4 nitrogen and oxygen atoms in total. The van der Waals surface area contributed by atoms with Crippen molar-refractivity contribution in [1.29, 1.82) is 5.26 Å². The molecule has 1 heterocycles. The van der Waals surface area contributed by atoms with Crippen molar-refractivity contribution in [2.45, 2.75) is 19.1 Å². The number of carbonyl (C=O) groups excluding carboxylic acids is 1. The average Bonchev–Trinajstić information content (AvgIpc) is 2.99. The Labute approximate surface area is 126 Å². The lowest BCUT2D eigenvalue weighted by Gasteiger charge is -2.26. The molecule has 1 saturated heterocycles. The molecule has 1 aromatic rings. The summed E-state index contributed by atoms with van der Waals surface area (Å²) in [5.41, 5.74) is 0.970. The second-order valence-corrected chi connectivity index (χ2v) is 5.18. The van der Waals surface area contributed by atoms with Gasteiger partial charge in [-0.15, -0.1) is 0 Å². The molecular formula is C15H15F3N2O2. The highest BCUT2D eigenvalue weighted by Gasteiger charge is 2.36. The van der Waals surface area contributed by atoms with E-state index in [1.807, 2.05) is 6.07 Å². The lowest BCUT2D eigenvalue weighted by molar-refractivity contribution is -0.165. The summed E-state index contributed by atoms with van der Waals surface area (Å²) in [4.78, 5) is 13.1. The smallest absolute Gasteiger partial charge is 0.381 e. The minimum Gasteiger partial charge on any atom is -0.381 e. The number of nitrogens with zero attached hydrogens (tertiary/aromatic N) is 2. The Morgan fingerprint density at radius 3 is 2.55 bits per heavy atom. The summed E-state index contributed by atoms with van der Waals surface area (Å²) >= 11 is 0. The van der Waals surface area contributed by atoms with Crippen molar-refractivity contribution in [3.63, 3.8) is 0 Å². The zero-order valence-electron chi connectivity index (χ0n) is 11.8. The normalized spacial score (nSPS) is 18.0. The van der Waals surface area contributed by atoms with Gasteiger partial charge in [-0.25, -0.2) is 0 Å². The van der Waals surface area contributed by atoms with Gasteiger partial charge in [0.1, 0.15) is 6.54 Å². The molecule has 0 bridgehead atoms. The first kappa shape index (κ1) is 16.3. The highest BCUT2D eigenvalue weighted by Crippen LogP contribution is 2.23. The molecule has 1 amide bonds. The monoisotopic (exact) mass is 312 g/mol. The number of halogens is 3.